The quantitative estimate of drug-likeness (QED) is 0.164. The van der Waals surface area contributed by atoms with E-state index in [2.05, 4.69) is 216 Å². The number of aromatic nitrogens is 3. The van der Waals surface area contributed by atoms with Crippen molar-refractivity contribution in [2.75, 3.05) is 4.90 Å². The van der Waals surface area contributed by atoms with E-state index >= 15 is 0 Å². The average molecular weight is 741 g/mol. The highest BCUT2D eigenvalue weighted by molar-refractivity contribution is 6.90. The summed E-state index contributed by atoms with van der Waals surface area (Å²) in [6, 6.07) is 68.5. The van der Waals surface area contributed by atoms with Crippen molar-refractivity contribution < 1.29 is 0 Å². The van der Waals surface area contributed by atoms with Crippen molar-refractivity contribution in [2.45, 2.75) is 13.8 Å². The van der Waals surface area contributed by atoms with Gasteiger partial charge in [-0.1, -0.05) is 146 Å². The first-order valence-corrected chi connectivity index (χ1v) is 20.1. The number of anilines is 3. The Labute approximate surface area is 338 Å². The maximum atomic E-state index is 5.82. The van der Waals surface area contributed by atoms with Crippen LogP contribution < -0.4 is 15.8 Å². The van der Waals surface area contributed by atoms with Crippen LogP contribution in [-0.2, 0) is 0 Å². The van der Waals surface area contributed by atoms with Crippen molar-refractivity contribution in [1.29, 1.82) is 0 Å². The van der Waals surface area contributed by atoms with E-state index < -0.39 is 0 Å². The summed E-state index contributed by atoms with van der Waals surface area (Å²) in [5, 5.41) is 1.18. The van der Waals surface area contributed by atoms with Crippen molar-refractivity contribution in [2.24, 2.45) is 0 Å². The average Bonchev–Trinajstić information content (AvgIpc) is 3.83. The summed E-state index contributed by atoms with van der Waals surface area (Å²) in [4.78, 5) is 8.28. The predicted octanol–water partition coefficient (Wildman–Crippen LogP) is 12.0. The molecule has 0 fully saturated rings. The minimum atomic E-state index is -0.0863. The minimum absolute atomic E-state index is 0.0863. The van der Waals surface area contributed by atoms with Crippen LogP contribution in [0.4, 0.5) is 17.1 Å². The van der Waals surface area contributed by atoms with Gasteiger partial charge >= 0.3 is 6.85 Å². The van der Waals surface area contributed by atoms with Gasteiger partial charge in [0.25, 0.3) is 0 Å². The molecule has 8 aromatic carbocycles. The molecule has 10 aromatic rings. The Hall–Kier alpha value is -7.37. The van der Waals surface area contributed by atoms with Gasteiger partial charge in [-0.25, -0.2) is 4.98 Å². The van der Waals surface area contributed by atoms with Crippen LogP contribution in [0.2, 0.25) is 0 Å². The third kappa shape index (κ3) is 4.56. The molecule has 0 radical (unpaired) electrons. The molecule has 0 atom stereocenters. The van der Waals surface area contributed by atoms with E-state index in [9.17, 15) is 0 Å². The second-order valence-corrected chi connectivity index (χ2v) is 15.6. The summed E-state index contributed by atoms with van der Waals surface area (Å²) in [7, 11) is 0. The van der Waals surface area contributed by atoms with Crippen LogP contribution >= 0.6 is 0 Å². The molecule has 5 heteroatoms. The van der Waals surface area contributed by atoms with Gasteiger partial charge in [-0.2, -0.15) is 0 Å². The normalized spacial score (nSPS) is 12.6. The number of hydrogen-bond donors (Lipinski definition) is 0. The van der Waals surface area contributed by atoms with Crippen molar-refractivity contribution in [3.05, 3.63) is 199 Å². The van der Waals surface area contributed by atoms with E-state index in [1.807, 2.05) is 0 Å². The number of benzene rings is 8. The Bertz CT molecular complexity index is 3220. The molecule has 0 aliphatic carbocycles. The number of para-hydroxylation sites is 3. The van der Waals surface area contributed by atoms with Gasteiger partial charge in [0.2, 0.25) is 0 Å². The molecule has 272 valence electrons. The Balaban J connectivity index is 1.33. The SMILES string of the molecule is Cc1cccc(C)c1-c1nc2c3c(-c4ccccc4)c(-c4ccccc4)n4c3c(cc2n1-c1ccccc1)-c1cccc2c1B4c1ccccc1N2c1ccccc1. The number of rotatable bonds is 5. The fourth-order valence-electron chi connectivity index (χ4n) is 10.0. The van der Waals surface area contributed by atoms with Gasteiger partial charge in [0, 0.05) is 56.0 Å². The number of aryl methyl sites for hydroxylation is 2. The first-order valence-electron chi connectivity index (χ1n) is 20.1. The van der Waals surface area contributed by atoms with E-state index in [-0.39, 0.29) is 6.85 Å². The highest BCUT2D eigenvalue weighted by atomic mass is 15.2. The lowest BCUT2D eigenvalue weighted by atomic mass is 9.45. The summed E-state index contributed by atoms with van der Waals surface area (Å²) in [6.45, 7) is 4.33. The van der Waals surface area contributed by atoms with Crippen molar-refractivity contribution in [3.8, 4) is 50.6 Å². The molecule has 4 nitrogen and oxygen atoms in total. The molecule has 2 aromatic heterocycles. The molecular formula is C53H37BN4. The predicted molar refractivity (Wildman–Crippen MR) is 243 cm³/mol. The second kappa shape index (κ2) is 12.6. The Morgan fingerprint density at radius 3 is 1.79 bits per heavy atom. The fraction of sp³-hybridized carbons (Fsp3) is 0.0377. The molecule has 4 heterocycles. The van der Waals surface area contributed by atoms with Crippen LogP contribution in [0, 0.1) is 13.8 Å². The largest absolute Gasteiger partial charge is 0.375 e. The highest BCUT2D eigenvalue weighted by Crippen LogP contribution is 2.52. The lowest BCUT2D eigenvalue weighted by molar-refractivity contribution is 1.09. The first-order chi connectivity index (χ1) is 28.7. The van der Waals surface area contributed by atoms with Crippen molar-refractivity contribution in [3.63, 3.8) is 0 Å². The zero-order valence-electron chi connectivity index (χ0n) is 32.3. The number of fused-ring (bicyclic) bond motifs is 6. The molecule has 0 saturated carbocycles. The highest BCUT2D eigenvalue weighted by Gasteiger charge is 2.44. The number of hydrogen-bond acceptors (Lipinski definition) is 2. The van der Waals surface area contributed by atoms with Gasteiger partial charge in [0.15, 0.2) is 0 Å². The fourth-order valence-corrected chi connectivity index (χ4v) is 10.0. The third-order valence-corrected chi connectivity index (χ3v) is 12.4. The molecule has 0 bridgehead atoms. The Morgan fingerprint density at radius 1 is 0.500 bits per heavy atom. The molecule has 0 unspecified atom stereocenters. The van der Waals surface area contributed by atoms with Crippen LogP contribution in [0.3, 0.4) is 0 Å². The smallest absolute Gasteiger partial charge is 0.333 e. The topological polar surface area (TPSA) is 26.0 Å². The zero-order chi connectivity index (χ0) is 38.5. The lowest BCUT2D eigenvalue weighted by Crippen LogP contribution is -2.56. The van der Waals surface area contributed by atoms with E-state index in [0.717, 1.165) is 28.2 Å². The van der Waals surface area contributed by atoms with Gasteiger partial charge in [-0.3, -0.25) is 4.57 Å². The molecular weight excluding hydrogens is 703 g/mol. The van der Waals surface area contributed by atoms with Crippen LogP contribution in [0.15, 0.2) is 188 Å². The maximum Gasteiger partial charge on any atom is 0.333 e. The first kappa shape index (κ1) is 32.8. The van der Waals surface area contributed by atoms with Gasteiger partial charge in [-0.05, 0) is 95.1 Å². The number of imidazole rings is 1. The molecule has 12 rings (SSSR count). The maximum absolute atomic E-state index is 5.82. The molecule has 0 saturated heterocycles. The van der Waals surface area contributed by atoms with Gasteiger partial charge < -0.3 is 9.38 Å². The van der Waals surface area contributed by atoms with Crippen LogP contribution in [0.1, 0.15) is 11.1 Å². The summed E-state index contributed by atoms with van der Waals surface area (Å²) in [6.07, 6.45) is 0. The molecule has 58 heavy (non-hydrogen) atoms. The summed E-state index contributed by atoms with van der Waals surface area (Å²) < 4.78 is 5.08. The van der Waals surface area contributed by atoms with E-state index in [0.29, 0.717) is 0 Å². The van der Waals surface area contributed by atoms with Gasteiger partial charge in [-0.15, -0.1) is 0 Å². The van der Waals surface area contributed by atoms with Crippen LogP contribution in [-0.4, -0.2) is 20.9 Å². The second-order valence-electron chi connectivity index (χ2n) is 15.6. The van der Waals surface area contributed by atoms with Crippen molar-refractivity contribution >= 4 is 56.8 Å². The van der Waals surface area contributed by atoms with E-state index in [4.69, 9.17) is 4.98 Å². The summed E-state index contributed by atoms with van der Waals surface area (Å²) >= 11 is 0. The molecule has 0 amide bonds. The van der Waals surface area contributed by atoms with E-state index in [1.165, 1.54) is 83.4 Å². The molecule has 0 N–H and O–H groups in total. The van der Waals surface area contributed by atoms with Gasteiger partial charge in [0.1, 0.15) is 5.82 Å². The van der Waals surface area contributed by atoms with Crippen LogP contribution in [0.5, 0.6) is 0 Å². The monoisotopic (exact) mass is 740 g/mol. The van der Waals surface area contributed by atoms with Gasteiger partial charge in [0.05, 0.1) is 11.0 Å². The Kier molecular flexibility index (Phi) is 7.12. The molecule has 0 spiro atoms. The summed E-state index contributed by atoms with van der Waals surface area (Å²) in [5.74, 6) is 0.956. The van der Waals surface area contributed by atoms with Crippen molar-refractivity contribution in [1.82, 2.24) is 14.0 Å². The third-order valence-electron chi connectivity index (χ3n) is 12.4. The molecule has 2 aliphatic rings. The zero-order valence-corrected chi connectivity index (χ0v) is 32.3. The Morgan fingerprint density at radius 2 is 1.09 bits per heavy atom. The molecule has 2 aliphatic heterocycles. The summed E-state index contributed by atoms with van der Waals surface area (Å²) in [5.41, 5.74) is 21.3. The van der Waals surface area contributed by atoms with Crippen LogP contribution in [0.25, 0.3) is 72.5 Å². The number of nitrogens with zero attached hydrogens (tertiary/aromatic N) is 4. The van der Waals surface area contributed by atoms with E-state index in [1.54, 1.807) is 0 Å². The minimum Gasteiger partial charge on any atom is -0.375 e. The standard InChI is InChI=1S/C53H37BN4/c1-34-19-17-20-35(2)46(34)53-55-50-45(57(53)39-27-13-6-14-28-39)33-41-40-29-18-32-44-49(40)54(42-30-15-16-31-43(42)56(44)38-25-11-5-12-26-38)58-51(37-23-9-4-10-24-37)47(48(50)52(41)58)36-21-7-3-8-22-36/h3-33H,1-2H3. The lowest BCUT2D eigenvalue weighted by Gasteiger charge is -2.40.